The Morgan fingerprint density at radius 3 is 2.71 bits per heavy atom. The quantitative estimate of drug-likeness (QED) is 0.611. The molecule has 1 amide bonds. The second kappa shape index (κ2) is 6.05. The van der Waals surface area contributed by atoms with Crippen molar-refractivity contribution in [2.24, 2.45) is 5.92 Å². The standard InChI is InChI=1S/C13H22ClNO2/c1-9-10(7-8-17-9)13(16)15-12-6-4-2-3-5-11(12)14/h9-12H,2-8H2,1H3,(H,15,16). The van der Waals surface area contributed by atoms with Gasteiger partial charge in [-0.05, 0) is 26.2 Å². The molecular weight excluding hydrogens is 238 g/mol. The fraction of sp³-hybridized carbons (Fsp3) is 0.923. The molecule has 2 rings (SSSR count). The number of ether oxygens (including phenoxy) is 1. The summed E-state index contributed by atoms with van der Waals surface area (Å²) in [5, 5.41) is 3.23. The first kappa shape index (κ1) is 13.2. The second-order valence-corrected chi connectivity index (χ2v) is 5.80. The molecule has 1 aliphatic carbocycles. The van der Waals surface area contributed by atoms with Crippen molar-refractivity contribution in [3.05, 3.63) is 0 Å². The van der Waals surface area contributed by atoms with Gasteiger partial charge in [0.2, 0.25) is 5.91 Å². The molecule has 3 nitrogen and oxygen atoms in total. The van der Waals surface area contributed by atoms with Crippen LogP contribution in [0.15, 0.2) is 0 Å². The maximum absolute atomic E-state index is 12.1. The molecular formula is C13H22ClNO2. The highest BCUT2D eigenvalue weighted by atomic mass is 35.5. The van der Waals surface area contributed by atoms with Crippen molar-refractivity contribution < 1.29 is 9.53 Å². The number of hydrogen-bond donors (Lipinski definition) is 1. The Morgan fingerprint density at radius 2 is 2.00 bits per heavy atom. The largest absolute Gasteiger partial charge is 0.378 e. The predicted molar refractivity (Wildman–Crippen MR) is 68.2 cm³/mol. The molecule has 4 unspecified atom stereocenters. The normalized spacial score (nSPS) is 38.7. The summed E-state index contributed by atoms with van der Waals surface area (Å²) < 4.78 is 5.43. The number of amides is 1. The zero-order chi connectivity index (χ0) is 12.3. The van der Waals surface area contributed by atoms with Crippen molar-refractivity contribution in [2.75, 3.05) is 6.61 Å². The van der Waals surface area contributed by atoms with Gasteiger partial charge >= 0.3 is 0 Å². The summed E-state index contributed by atoms with van der Waals surface area (Å²) in [4.78, 5) is 12.1. The number of nitrogens with one attached hydrogen (secondary N) is 1. The second-order valence-electron chi connectivity index (χ2n) is 5.24. The van der Waals surface area contributed by atoms with Crippen molar-refractivity contribution in [3.63, 3.8) is 0 Å². The fourth-order valence-corrected chi connectivity index (χ4v) is 3.13. The zero-order valence-electron chi connectivity index (χ0n) is 10.5. The summed E-state index contributed by atoms with van der Waals surface area (Å²) in [6, 6.07) is 0.152. The Morgan fingerprint density at radius 1 is 1.24 bits per heavy atom. The van der Waals surface area contributed by atoms with Crippen LogP contribution < -0.4 is 5.32 Å². The summed E-state index contributed by atoms with van der Waals surface area (Å²) in [6.45, 7) is 2.68. The van der Waals surface area contributed by atoms with Crippen LogP contribution in [-0.2, 0) is 9.53 Å². The van der Waals surface area contributed by atoms with E-state index in [0.717, 1.165) is 19.3 Å². The minimum Gasteiger partial charge on any atom is -0.378 e. The third-order valence-electron chi connectivity index (χ3n) is 3.97. The summed E-state index contributed by atoms with van der Waals surface area (Å²) >= 11 is 6.33. The Balaban J connectivity index is 1.88. The lowest BCUT2D eigenvalue weighted by molar-refractivity contribution is -0.127. The number of hydrogen-bond acceptors (Lipinski definition) is 2. The van der Waals surface area contributed by atoms with Crippen LogP contribution in [0.1, 0.15) is 45.4 Å². The van der Waals surface area contributed by atoms with Crippen molar-refractivity contribution in [1.82, 2.24) is 5.32 Å². The van der Waals surface area contributed by atoms with Crippen molar-refractivity contribution >= 4 is 17.5 Å². The van der Waals surface area contributed by atoms with Crippen LogP contribution in [-0.4, -0.2) is 30.0 Å². The van der Waals surface area contributed by atoms with Crippen LogP contribution in [0.2, 0.25) is 0 Å². The Kier molecular flexibility index (Phi) is 4.69. The van der Waals surface area contributed by atoms with Gasteiger partial charge in [-0.3, -0.25) is 4.79 Å². The number of halogens is 1. The molecule has 0 aromatic heterocycles. The van der Waals surface area contributed by atoms with Crippen LogP contribution in [0, 0.1) is 5.92 Å². The number of carbonyl (C=O) groups excluding carboxylic acids is 1. The van der Waals surface area contributed by atoms with Gasteiger partial charge in [0.1, 0.15) is 0 Å². The van der Waals surface area contributed by atoms with Gasteiger partial charge in [-0.15, -0.1) is 11.6 Å². The molecule has 1 aliphatic heterocycles. The van der Waals surface area contributed by atoms with Crippen molar-refractivity contribution in [2.45, 2.75) is 63.0 Å². The van der Waals surface area contributed by atoms with E-state index in [1.54, 1.807) is 0 Å². The van der Waals surface area contributed by atoms with E-state index in [2.05, 4.69) is 5.32 Å². The SMILES string of the molecule is CC1OCCC1C(=O)NC1CCCCCC1Cl. The van der Waals surface area contributed by atoms with Crippen LogP contribution in [0.25, 0.3) is 0 Å². The van der Waals surface area contributed by atoms with E-state index in [-0.39, 0.29) is 29.3 Å². The van der Waals surface area contributed by atoms with Crippen molar-refractivity contribution in [3.8, 4) is 0 Å². The van der Waals surface area contributed by atoms with Crippen molar-refractivity contribution in [1.29, 1.82) is 0 Å². The molecule has 0 bridgehead atoms. The maximum atomic E-state index is 12.1. The number of carbonyl (C=O) groups is 1. The van der Waals surface area contributed by atoms with Gasteiger partial charge in [-0.2, -0.15) is 0 Å². The Bertz CT molecular complexity index is 272. The molecule has 2 fully saturated rings. The monoisotopic (exact) mass is 259 g/mol. The molecule has 1 N–H and O–H groups in total. The van der Waals surface area contributed by atoms with E-state index >= 15 is 0 Å². The third-order valence-corrected chi connectivity index (χ3v) is 4.49. The van der Waals surface area contributed by atoms with Gasteiger partial charge in [-0.1, -0.05) is 19.3 Å². The summed E-state index contributed by atoms with van der Waals surface area (Å²) in [5.41, 5.74) is 0. The summed E-state index contributed by atoms with van der Waals surface area (Å²) in [7, 11) is 0. The topological polar surface area (TPSA) is 38.3 Å². The molecule has 4 atom stereocenters. The van der Waals surface area contributed by atoms with Gasteiger partial charge in [0.05, 0.1) is 17.4 Å². The van der Waals surface area contributed by atoms with E-state index < -0.39 is 0 Å². The molecule has 0 aromatic rings. The highest BCUT2D eigenvalue weighted by molar-refractivity contribution is 6.21. The highest BCUT2D eigenvalue weighted by Crippen LogP contribution is 2.25. The Hall–Kier alpha value is -0.280. The number of rotatable bonds is 2. The molecule has 17 heavy (non-hydrogen) atoms. The van der Waals surface area contributed by atoms with E-state index in [1.807, 2.05) is 6.92 Å². The molecule has 0 radical (unpaired) electrons. The minimum absolute atomic E-state index is 0.0159. The van der Waals surface area contributed by atoms with E-state index in [9.17, 15) is 4.79 Å². The van der Waals surface area contributed by atoms with Crippen LogP contribution in [0.3, 0.4) is 0 Å². The van der Waals surface area contributed by atoms with Crippen LogP contribution in [0.4, 0.5) is 0 Å². The average molecular weight is 260 g/mol. The predicted octanol–water partition coefficient (Wildman–Crippen LogP) is 2.47. The fourth-order valence-electron chi connectivity index (χ4n) is 2.79. The third kappa shape index (κ3) is 3.35. The van der Waals surface area contributed by atoms with Gasteiger partial charge < -0.3 is 10.1 Å². The molecule has 1 heterocycles. The van der Waals surface area contributed by atoms with Gasteiger partial charge in [0, 0.05) is 12.6 Å². The first-order chi connectivity index (χ1) is 8.18. The van der Waals surface area contributed by atoms with Crippen LogP contribution in [0.5, 0.6) is 0 Å². The molecule has 98 valence electrons. The van der Waals surface area contributed by atoms with Crippen LogP contribution >= 0.6 is 11.6 Å². The Labute approximate surface area is 108 Å². The van der Waals surface area contributed by atoms with E-state index in [4.69, 9.17) is 16.3 Å². The van der Waals surface area contributed by atoms with Gasteiger partial charge in [0.25, 0.3) is 0 Å². The number of alkyl halides is 1. The molecule has 0 aromatic carbocycles. The molecule has 0 spiro atoms. The highest BCUT2D eigenvalue weighted by Gasteiger charge is 2.33. The van der Waals surface area contributed by atoms with E-state index in [1.165, 1.54) is 19.3 Å². The smallest absolute Gasteiger partial charge is 0.226 e. The van der Waals surface area contributed by atoms with Gasteiger partial charge in [0.15, 0.2) is 0 Å². The lowest BCUT2D eigenvalue weighted by Crippen LogP contribution is -2.44. The van der Waals surface area contributed by atoms with Gasteiger partial charge in [-0.25, -0.2) is 0 Å². The lowest BCUT2D eigenvalue weighted by atomic mass is 10.00. The van der Waals surface area contributed by atoms with E-state index in [0.29, 0.717) is 6.61 Å². The first-order valence-electron chi connectivity index (χ1n) is 6.74. The zero-order valence-corrected chi connectivity index (χ0v) is 11.2. The molecule has 1 saturated carbocycles. The minimum atomic E-state index is 0.0159. The molecule has 4 heteroatoms. The summed E-state index contributed by atoms with van der Waals surface area (Å²) in [5.74, 6) is 0.148. The summed E-state index contributed by atoms with van der Waals surface area (Å²) in [6.07, 6.45) is 6.51. The molecule has 1 saturated heterocycles. The first-order valence-corrected chi connectivity index (χ1v) is 7.18. The molecule has 2 aliphatic rings. The lowest BCUT2D eigenvalue weighted by Gasteiger charge is -2.24. The average Bonchev–Trinajstić information content (AvgIpc) is 2.63. The maximum Gasteiger partial charge on any atom is 0.226 e.